The van der Waals surface area contributed by atoms with Gasteiger partial charge in [-0.1, -0.05) is 23.8 Å². The molecule has 0 radical (unpaired) electrons. The van der Waals surface area contributed by atoms with E-state index in [0.717, 1.165) is 13.4 Å². The summed E-state index contributed by atoms with van der Waals surface area (Å²) in [5, 5.41) is -0.741. The maximum atomic E-state index is 12.8. The van der Waals surface area contributed by atoms with Crippen molar-refractivity contribution in [2.45, 2.75) is 11.8 Å². The van der Waals surface area contributed by atoms with Gasteiger partial charge in [-0.3, -0.25) is 9.10 Å². The lowest BCUT2D eigenvalue weighted by Gasteiger charge is -2.23. The van der Waals surface area contributed by atoms with Crippen molar-refractivity contribution in [2.24, 2.45) is 0 Å². The quantitative estimate of drug-likeness (QED) is 0.518. The molecule has 4 nitrogen and oxygen atoms in total. The number of carbonyl (C=O) groups excluding carboxylic acids is 1. The molecule has 0 aliphatic heterocycles. The van der Waals surface area contributed by atoms with Crippen LogP contribution in [0.2, 0.25) is 0 Å². The lowest BCUT2D eigenvalue weighted by molar-refractivity contribution is -0.110. The molecule has 0 fully saturated rings. The second-order valence-corrected chi connectivity index (χ2v) is 8.19. The van der Waals surface area contributed by atoms with Gasteiger partial charge < -0.3 is 0 Å². The molecule has 22 heavy (non-hydrogen) atoms. The maximum absolute atomic E-state index is 12.8. The van der Waals surface area contributed by atoms with Crippen molar-refractivity contribution in [3.8, 4) is 0 Å². The summed E-state index contributed by atoms with van der Waals surface area (Å²) in [7, 11) is -3.86. The van der Waals surface area contributed by atoms with Crippen LogP contribution in [-0.4, -0.2) is 20.2 Å². The molecule has 0 saturated carbocycles. The van der Waals surface area contributed by atoms with Crippen molar-refractivity contribution in [1.29, 1.82) is 0 Å². The van der Waals surface area contributed by atoms with Gasteiger partial charge in [0.15, 0.2) is 0 Å². The second-order valence-electron chi connectivity index (χ2n) is 4.66. The van der Waals surface area contributed by atoms with Crippen LogP contribution in [0.25, 0.3) is 0 Å². The molecular weight excluding hydrogens is 437 g/mol. The predicted molar refractivity (Wildman–Crippen MR) is 95.7 cm³/mol. The molecule has 7 heteroatoms. The Hall–Kier alpha value is -1.12. The van der Waals surface area contributed by atoms with Crippen LogP contribution in [-0.2, 0) is 14.8 Å². The summed E-state index contributed by atoms with van der Waals surface area (Å²) in [4.78, 5) is 11.4. The number of nitrogens with zero attached hydrogens (tertiary/aromatic N) is 1. The van der Waals surface area contributed by atoms with Gasteiger partial charge in [-0.25, -0.2) is 8.42 Å². The minimum Gasteiger partial charge on any atom is -0.279 e. The average molecular weight is 450 g/mol. The van der Waals surface area contributed by atoms with Crippen LogP contribution in [0.3, 0.4) is 0 Å². The molecule has 0 amide bonds. The molecule has 2 rings (SSSR count). The van der Waals surface area contributed by atoms with Gasteiger partial charge in [-0.05, 0) is 71.4 Å². The van der Waals surface area contributed by atoms with Crippen LogP contribution in [0.5, 0.6) is 0 Å². The zero-order valence-electron chi connectivity index (χ0n) is 11.7. The van der Waals surface area contributed by atoms with Gasteiger partial charge in [0.2, 0.25) is 5.24 Å². The van der Waals surface area contributed by atoms with Gasteiger partial charge in [-0.15, -0.1) is 0 Å². The Morgan fingerprint density at radius 2 is 1.82 bits per heavy atom. The van der Waals surface area contributed by atoms with Gasteiger partial charge >= 0.3 is 0 Å². The number of carbonyl (C=O) groups is 1. The van der Waals surface area contributed by atoms with Gasteiger partial charge in [0, 0.05) is 3.57 Å². The largest absolute Gasteiger partial charge is 0.279 e. The highest BCUT2D eigenvalue weighted by molar-refractivity contribution is 14.1. The normalized spacial score (nSPS) is 11.2. The Bertz CT molecular complexity index is 791. The van der Waals surface area contributed by atoms with E-state index >= 15 is 0 Å². The lowest BCUT2D eigenvalue weighted by atomic mass is 10.2. The summed E-state index contributed by atoms with van der Waals surface area (Å²) in [6, 6.07) is 13.3. The van der Waals surface area contributed by atoms with Crippen LogP contribution < -0.4 is 4.31 Å². The molecule has 0 spiro atoms. The summed E-state index contributed by atoms with van der Waals surface area (Å²) in [6.07, 6.45) is 0. The van der Waals surface area contributed by atoms with Gasteiger partial charge in [0.05, 0.1) is 10.6 Å². The molecule has 2 aromatic rings. The average Bonchev–Trinajstić information content (AvgIpc) is 2.45. The standard InChI is InChI=1S/C15H13ClINO3S/c1-11-5-7-14(8-6-11)22(20,21)18(10-15(16)19)13-4-2-3-12(17)9-13/h2-9H,10H2,1H3. The monoisotopic (exact) mass is 449 g/mol. The van der Waals surface area contributed by atoms with Gasteiger partial charge in [-0.2, -0.15) is 0 Å². The predicted octanol–water partition coefficient (Wildman–Crippen LogP) is 3.56. The maximum Gasteiger partial charge on any atom is 0.264 e. The zero-order valence-corrected chi connectivity index (χ0v) is 15.4. The molecule has 2 aromatic carbocycles. The number of anilines is 1. The third kappa shape index (κ3) is 3.99. The number of benzene rings is 2. The van der Waals surface area contributed by atoms with E-state index in [-0.39, 0.29) is 4.90 Å². The highest BCUT2D eigenvalue weighted by Gasteiger charge is 2.26. The first-order valence-corrected chi connectivity index (χ1v) is 9.24. The minimum absolute atomic E-state index is 0.120. The third-order valence-corrected chi connectivity index (χ3v) is 5.55. The van der Waals surface area contributed by atoms with Crippen LogP contribution in [0, 0.1) is 10.5 Å². The fraction of sp³-hybridized carbons (Fsp3) is 0.133. The van der Waals surface area contributed by atoms with E-state index in [1.54, 1.807) is 30.3 Å². The number of hydrogen-bond donors (Lipinski definition) is 0. The van der Waals surface area contributed by atoms with Crippen molar-refractivity contribution in [3.05, 3.63) is 57.7 Å². The van der Waals surface area contributed by atoms with Crippen molar-refractivity contribution in [2.75, 3.05) is 10.8 Å². The fourth-order valence-corrected chi connectivity index (χ4v) is 4.03. The minimum atomic E-state index is -3.86. The number of hydrogen-bond acceptors (Lipinski definition) is 3. The first-order chi connectivity index (χ1) is 10.3. The molecule has 0 aliphatic rings. The Morgan fingerprint density at radius 1 is 1.18 bits per heavy atom. The van der Waals surface area contributed by atoms with Crippen molar-refractivity contribution in [3.63, 3.8) is 0 Å². The van der Waals surface area contributed by atoms with Crippen molar-refractivity contribution < 1.29 is 13.2 Å². The van der Waals surface area contributed by atoms with Crippen molar-refractivity contribution >= 4 is 55.1 Å². The van der Waals surface area contributed by atoms with E-state index in [1.807, 2.05) is 13.0 Å². The highest BCUT2D eigenvalue weighted by atomic mass is 127. The Balaban J connectivity index is 2.53. The molecule has 0 unspecified atom stereocenters. The van der Waals surface area contributed by atoms with E-state index in [9.17, 15) is 13.2 Å². The van der Waals surface area contributed by atoms with Crippen molar-refractivity contribution in [1.82, 2.24) is 0 Å². The van der Waals surface area contributed by atoms with E-state index in [1.165, 1.54) is 12.1 Å². The van der Waals surface area contributed by atoms with Gasteiger partial charge in [0.25, 0.3) is 10.0 Å². The molecule has 116 valence electrons. The summed E-state index contributed by atoms with van der Waals surface area (Å²) < 4.78 is 27.5. The SMILES string of the molecule is Cc1ccc(S(=O)(=O)N(CC(=O)Cl)c2cccc(I)c2)cc1. The molecular formula is C15H13ClINO3S. The lowest BCUT2D eigenvalue weighted by Crippen LogP contribution is -2.34. The van der Waals surface area contributed by atoms with Crippen LogP contribution >= 0.6 is 34.2 Å². The van der Waals surface area contributed by atoms with Crippen LogP contribution in [0.1, 0.15) is 5.56 Å². The molecule has 0 atom stereocenters. The second kappa shape index (κ2) is 6.97. The molecule has 0 bridgehead atoms. The highest BCUT2D eigenvalue weighted by Crippen LogP contribution is 2.25. The fourth-order valence-electron chi connectivity index (χ4n) is 1.90. The summed E-state index contributed by atoms with van der Waals surface area (Å²) in [6.45, 7) is 1.45. The Labute approximate surface area is 148 Å². The molecule has 0 aliphatic carbocycles. The third-order valence-electron chi connectivity index (χ3n) is 2.97. The molecule has 0 heterocycles. The summed E-state index contributed by atoms with van der Waals surface area (Å²) >= 11 is 7.51. The number of sulfonamides is 1. The van der Waals surface area contributed by atoms with E-state index < -0.39 is 21.8 Å². The van der Waals surface area contributed by atoms with Crippen LogP contribution in [0.4, 0.5) is 5.69 Å². The van der Waals surface area contributed by atoms with E-state index in [4.69, 9.17) is 11.6 Å². The summed E-state index contributed by atoms with van der Waals surface area (Å²) in [5.41, 5.74) is 1.36. The number of rotatable bonds is 5. The topological polar surface area (TPSA) is 54.5 Å². The van der Waals surface area contributed by atoms with E-state index in [2.05, 4.69) is 22.6 Å². The van der Waals surface area contributed by atoms with Crippen LogP contribution in [0.15, 0.2) is 53.4 Å². The smallest absolute Gasteiger partial charge is 0.264 e. The molecule has 0 aromatic heterocycles. The first kappa shape index (κ1) is 17.2. The Kier molecular flexibility index (Phi) is 5.46. The molecule has 0 N–H and O–H groups in total. The van der Waals surface area contributed by atoms with Gasteiger partial charge in [0.1, 0.15) is 6.54 Å². The van der Waals surface area contributed by atoms with E-state index in [0.29, 0.717) is 5.69 Å². The first-order valence-electron chi connectivity index (χ1n) is 6.34. The molecule has 0 saturated heterocycles. The number of aryl methyl sites for hydroxylation is 1. The summed E-state index contributed by atoms with van der Waals surface area (Å²) in [5.74, 6) is 0. The zero-order chi connectivity index (χ0) is 16.3. The Morgan fingerprint density at radius 3 is 2.36 bits per heavy atom. The number of halogens is 2.